The van der Waals surface area contributed by atoms with E-state index in [0.29, 0.717) is 11.3 Å². The van der Waals surface area contributed by atoms with Crippen molar-refractivity contribution in [3.63, 3.8) is 0 Å². The number of nitrogens with one attached hydrogen (secondary N) is 1. The van der Waals surface area contributed by atoms with Crippen LogP contribution in [0.5, 0.6) is 5.75 Å². The fourth-order valence-electron chi connectivity index (χ4n) is 1.99. The molecule has 0 aliphatic heterocycles. The highest BCUT2D eigenvalue weighted by Gasteiger charge is 2.14. The summed E-state index contributed by atoms with van der Waals surface area (Å²) in [5.74, 6) is -2.81. The van der Waals surface area contributed by atoms with Gasteiger partial charge in [-0.3, -0.25) is 9.59 Å². The van der Waals surface area contributed by atoms with Gasteiger partial charge in [-0.1, -0.05) is 24.3 Å². The van der Waals surface area contributed by atoms with Gasteiger partial charge in [-0.15, -0.1) is 0 Å². The van der Waals surface area contributed by atoms with E-state index in [4.69, 9.17) is 9.47 Å². The van der Waals surface area contributed by atoms with Crippen LogP contribution in [0.15, 0.2) is 42.5 Å². The zero-order valence-electron chi connectivity index (χ0n) is 12.8. The van der Waals surface area contributed by atoms with Crippen molar-refractivity contribution in [2.45, 2.75) is 6.42 Å². The van der Waals surface area contributed by atoms with Crippen molar-refractivity contribution in [3.8, 4) is 5.75 Å². The Balaban J connectivity index is 1.88. The summed E-state index contributed by atoms with van der Waals surface area (Å²) in [5, 5.41) is 2.03. The van der Waals surface area contributed by atoms with Crippen LogP contribution in [-0.4, -0.2) is 25.6 Å². The molecule has 0 radical (unpaired) electrons. The van der Waals surface area contributed by atoms with Gasteiger partial charge in [-0.25, -0.2) is 8.78 Å². The van der Waals surface area contributed by atoms with Crippen LogP contribution >= 0.6 is 0 Å². The summed E-state index contributed by atoms with van der Waals surface area (Å²) in [6.45, 7) is -0.651. The maximum atomic E-state index is 13.4. The summed E-state index contributed by atoms with van der Waals surface area (Å²) in [4.78, 5) is 23.4. The van der Waals surface area contributed by atoms with Crippen LogP contribution in [0.25, 0.3) is 0 Å². The normalized spacial score (nSPS) is 10.1. The zero-order valence-corrected chi connectivity index (χ0v) is 12.8. The van der Waals surface area contributed by atoms with Gasteiger partial charge < -0.3 is 14.8 Å². The Kier molecular flexibility index (Phi) is 5.83. The number of esters is 1. The molecule has 2 aromatic carbocycles. The van der Waals surface area contributed by atoms with Gasteiger partial charge in [-0.05, 0) is 18.2 Å². The number of hydrogen-bond acceptors (Lipinski definition) is 4. The van der Waals surface area contributed by atoms with E-state index in [0.717, 1.165) is 12.1 Å². The van der Waals surface area contributed by atoms with Crippen LogP contribution in [0.4, 0.5) is 14.5 Å². The molecule has 0 saturated heterocycles. The highest BCUT2D eigenvalue weighted by atomic mass is 19.1. The number of halogens is 2. The number of methoxy groups -OCH3 is 1. The molecular weight excluding hydrogens is 320 g/mol. The first-order chi connectivity index (χ1) is 11.5. The Bertz CT molecular complexity index is 729. The van der Waals surface area contributed by atoms with Gasteiger partial charge in [0.15, 0.2) is 6.61 Å². The minimum atomic E-state index is -0.913. The Labute approximate surface area is 137 Å². The van der Waals surface area contributed by atoms with Crippen LogP contribution in [0.1, 0.15) is 5.56 Å². The molecule has 0 atom stereocenters. The Hall–Kier alpha value is -2.96. The molecule has 24 heavy (non-hydrogen) atoms. The average Bonchev–Trinajstić information content (AvgIpc) is 2.57. The Morgan fingerprint density at radius 3 is 2.38 bits per heavy atom. The number of carbonyl (C=O) groups is 2. The second kappa shape index (κ2) is 8.05. The van der Waals surface area contributed by atoms with Gasteiger partial charge in [0.25, 0.3) is 5.91 Å². The third-order valence-electron chi connectivity index (χ3n) is 3.12. The maximum absolute atomic E-state index is 13.4. The molecule has 0 unspecified atom stereocenters. The summed E-state index contributed by atoms with van der Waals surface area (Å²) >= 11 is 0. The fraction of sp³-hybridized carbons (Fsp3) is 0.176. The first-order valence-corrected chi connectivity index (χ1v) is 7.02. The van der Waals surface area contributed by atoms with Crippen LogP contribution < -0.4 is 10.1 Å². The molecule has 0 saturated carbocycles. The van der Waals surface area contributed by atoms with Gasteiger partial charge in [0.1, 0.15) is 23.1 Å². The molecule has 0 aliphatic carbocycles. The van der Waals surface area contributed by atoms with E-state index in [1.165, 1.54) is 13.2 Å². The van der Waals surface area contributed by atoms with E-state index in [-0.39, 0.29) is 6.42 Å². The minimum Gasteiger partial charge on any atom is -0.496 e. The van der Waals surface area contributed by atoms with E-state index in [1.54, 1.807) is 24.3 Å². The van der Waals surface area contributed by atoms with Crippen molar-refractivity contribution >= 4 is 17.6 Å². The summed E-state index contributed by atoms with van der Waals surface area (Å²) in [7, 11) is 1.47. The molecule has 2 aromatic rings. The topological polar surface area (TPSA) is 64.6 Å². The molecule has 0 bridgehead atoms. The molecule has 2 rings (SSSR count). The third-order valence-corrected chi connectivity index (χ3v) is 3.12. The third kappa shape index (κ3) is 4.52. The number of benzene rings is 2. The van der Waals surface area contributed by atoms with Crippen LogP contribution in [0.2, 0.25) is 0 Å². The molecule has 7 heteroatoms. The lowest BCUT2D eigenvalue weighted by molar-refractivity contribution is -0.146. The predicted molar refractivity (Wildman–Crippen MR) is 82.6 cm³/mol. The lowest BCUT2D eigenvalue weighted by atomic mass is 10.1. The van der Waals surface area contributed by atoms with Crippen molar-refractivity contribution < 1.29 is 27.8 Å². The van der Waals surface area contributed by atoms with Crippen molar-refractivity contribution in [3.05, 3.63) is 59.7 Å². The minimum absolute atomic E-state index is 0.0919. The van der Waals surface area contributed by atoms with Crippen molar-refractivity contribution in [2.75, 3.05) is 19.0 Å². The molecule has 126 valence electrons. The monoisotopic (exact) mass is 335 g/mol. The van der Waals surface area contributed by atoms with Crippen LogP contribution in [0.3, 0.4) is 0 Å². The largest absolute Gasteiger partial charge is 0.496 e. The number of hydrogen-bond donors (Lipinski definition) is 1. The molecule has 0 spiro atoms. The number of amides is 1. The first kappa shape index (κ1) is 17.4. The average molecular weight is 335 g/mol. The number of carbonyl (C=O) groups excluding carboxylic acids is 2. The van der Waals surface area contributed by atoms with Crippen molar-refractivity contribution in [1.29, 1.82) is 0 Å². The van der Waals surface area contributed by atoms with E-state index >= 15 is 0 Å². The fourth-order valence-corrected chi connectivity index (χ4v) is 1.99. The first-order valence-electron chi connectivity index (χ1n) is 7.02. The number of anilines is 1. The summed E-state index contributed by atoms with van der Waals surface area (Å²) in [6.07, 6.45) is -0.0919. The Morgan fingerprint density at radius 2 is 1.71 bits per heavy atom. The van der Waals surface area contributed by atoms with Gasteiger partial charge in [-0.2, -0.15) is 0 Å². The molecule has 0 aromatic heterocycles. The molecule has 1 amide bonds. The lowest BCUT2D eigenvalue weighted by Crippen LogP contribution is -2.22. The maximum Gasteiger partial charge on any atom is 0.310 e. The van der Waals surface area contributed by atoms with E-state index < -0.39 is 35.8 Å². The molecule has 1 N–H and O–H groups in total. The quantitative estimate of drug-likeness (QED) is 0.825. The lowest BCUT2D eigenvalue weighted by Gasteiger charge is -2.09. The number of ether oxygens (including phenoxy) is 2. The van der Waals surface area contributed by atoms with Gasteiger partial charge in [0, 0.05) is 5.56 Å². The standard InChI is InChI=1S/C17H15F2NO4/c1-23-14-8-3-2-5-11(14)9-16(22)24-10-15(21)20-17-12(18)6-4-7-13(17)19/h2-8H,9-10H2,1H3,(H,20,21). The van der Waals surface area contributed by atoms with E-state index in [1.807, 2.05) is 5.32 Å². The predicted octanol–water partition coefficient (Wildman–Crippen LogP) is 2.70. The van der Waals surface area contributed by atoms with Gasteiger partial charge in [0.05, 0.1) is 13.5 Å². The smallest absolute Gasteiger partial charge is 0.310 e. The second-order valence-corrected chi connectivity index (χ2v) is 4.79. The van der Waals surface area contributed by atoms with E-state index in [2.05, 4.69) is 0 Å². The highest BCUT2D eigenvalue weighted by molar-refractivity contribution is 5.93. The molecule has 0 fully saturated rings. The Morgan fingerprint density at radius 1 is 1.04 bits per heavy atom. The molecule has 5 nitrogen and oxygen atoms in total. The number of rotatable bonds is 6. The van der Waals surface area contributed by atoms with E-state index in [9.17, 15) is 18.4 Å². The molecule has 0 heterocycles. The summed E-state index contributed by atoms with van der Waals surface area (Å²) in [6, 6.07) is 10.1. The second-order valence-electron chi connectivity index (χ2n) is 4.79. The van der Waals surface area contributed by atoms with Crippen molar-refractivity contribution in [1.82, 2.24) is 0 Å². The van der Waals surface area contributed by atoms with Crippen LogP contribution in [-0.2, 0) is 20.7 Å². The van der Waals surface area contributed by atoms with Gasteiger partial charge in [0.2, 0.25) is 0 Å². The zero-order chi connectivity index (χ0) is 17.5. The highest BCUT2D eigenvalue weighted by Crippen LogP contribution is 2.19. The SMILES string of the molecule is COc1ccccc1CC(=O)OCC(=O)Nc1c(F)cccc1F. The number of para-hydroxylation sites is 2. The van der Waals surface area contributed by atoms with Crippen molar-refractivity contribution in [2.24, 2.45) is 0 Å². The summed E-state index contributed by atoms with van der Waals surface area (Å²) in [5.41, 5.74) is 0.0221. The van der Waals surface area contributed by atoms with Crippen LogP contribution in [0, 0.1) is 11.6 Å². The summed E-state index contributed by atoms with van der Waals surface area (Å²) < 4.78 is 36.7. The molecular formula is C17H15F2NO4. The molecule has 0 aliphatic rings. The van der Waals surface area contributed by atoms with Gasteiger partial charge >= 0.3 is 5.97 Å².